The van der Waals surface area contributed by atoms with E-state index in [9.17, 15) is 0 Å². The third kappa shape index (κ3) is 1.27. The van der Waals surface area contributed by atoms with Crippen molar-refractivity contribution in [2.24, 2.45) is 17.6 Å². The molecule has 0 bridgehead atoms. The van der Waals surface area contributed by atoms with Crippen molar-refractivity contribution in [2.75, 3.05) is 6.54 Å². The summed E-state index contributed by atoms with van der Waals surface area (Å²) >= 11 is 6.31. The van der Waals surface area contributed by atoms with E-state index in [0.29, 0.717) is 17.9 Å². The lowest BCUT2D eigenvalue weighted by Gasteiger charge is -2.34. The maximum absolute atomic E-state index is 6.31. The Kier molecular flexibility index (Phi) is 2.09. The van der Waals surface area contributed by atoms with E-state index < -0.39 is 0 Å². The van der Waals surface area contributed by atoms with Gasteiger partial charge in [0.2, 0.25) is 0 Å². The van der Waals surface area contributed by atoms with Gasteiger partial charge in [-0.05, 0) is 11.5 Å². The van der Waals surface area contributed by atoms with E-state index in [0.717, 1.165) is 6.54 Å². The summed E-state index contributed by atoms with van der Waals surface area (Å²) in [5.74, 6) is 0.994. The number of nitrogens with one attached hydrogen (secondary N) is 2. The van der Waals surface area contributed by atoms with Gasteiger partial charge in [0.1, 0.15) is 0 Å². The van der Waals surface area contributed by atoms with Crippen molar-refractivity contribution in [3.05, 3.63) is 23.4 Å². The second-order valence-corrected chi connectivity index (χ2v) is 5.18. The van der Waals surface area contributed by atoms with Crippen molar-refractivity contribution in [3.8, 4) is 0 Å². The van der Waals surface area contributed by atoms with Crippen molar-refractivity contribution in [2.45, 2.75) is 24.5 Å². The summed E-state index contributed by atoms with van der Waals surface area (Å²) in [4.78, 5) is 0. The molecule has 5 unspecified atom stereocenters. The molecule has 0 aromatic carbocycles. The van der Waals surface area contributed by atoms with Crippen molar-refractivity contribution in [1.29, 1.82) is 0 Å². The minimum atomic E-state index is 0.0142. The number of hydrogen-bond acceptors (Lipinski definition) is 3. The molecule has 3 nitrogen and oxygen atoms in total. The molecular formula is C11H16ClN3. The highest BCUT2D eigenvalue weighted by atomic mass is 35.5. The van der Waals surface area contributed by atoms with Gasteiger partial charge in [0, 0.05) is 18.2 Å². The van der Waals surface area contributed by atoms with Gasteiger partial charge >= 0.3 is 0 Å². The largest absolute Gasteiger partial charge is 0.382 e. The third-order valence-electron chi connectivity index (χ3n) is 3.78. The van der Waals surface area contributed by atoms with Crippen LogP contribution in [0.25, 0.3) is 0 Å². The zero-order chi connectivity index (χ0) is 10.6. The first-order chi connectivity index (χ1) is 7.18. The zero-order valence-electron chi connectivity index (χ0n) is 8.70. The first-order valence-electron chi connectivity index (χ1n) is 5.49. The average Bonchev–Trinajstić information content (AvgIpc) is 2.74. The van der Waals surface area contributed by atoms with E-state index in [1.807, 2.05) is 0 Å². The Balaban J connectivity index is 1.98. The van der Waals surface area contributed by atoms with E-state index in [1.165, 1.54) is 11.3 Å². The molecule has 0 fully saturated rings. The van der Waals surface area contributed by atoms with E-state index in [4.69, 9.17) is 17.3 Å². The fraction of sp³-hybridized carbons (Fsp3) is 0.636. The molecule has 0 amide bonds. The Morgan fingerprint density at radius 2 is 2.27 bits per heavy atom. The molecular weight excluding hydrogens is 210 g/mol. The molecule has 0 radical (unpaired) electrons. The standard InChI is InChI=1S/C11H16ClN3/c1-5-2-3-6(12)10-8(5)9-7(15-10)4-14-11(9)13/h2-3,5-6,8,10-11,14-15H,4,13H2,1H3. The maximum Gasteiger partial charge on any atom is 0.0796 e. The highest BCUT2D eigenvalue weighted by Gasteiger charge is 2.45. The van der Waals surface area contributed by atoms with E-state index in [-0.39, 0.29) is 11.5 Å². The summed E-state index contributed by atoms with van der Waals surface area (Å²) in [5, 5.41) is 6.87. The van der Waals surface area contributed by atoms with Gasteiger partial charge in [0.05, 0.1) is 17.6 Å². The summed E-state index contributed by atoms with van der Waals surface area (Å²) in [6.45, 7) is 3.10. The van der Waals surface area contributed by atoms with Gasteiger partial charge in [-0.15, -0.1) is 11.6 Å². The van der Waals surface area contributed by atoms with Crippen LogP contribution in [0.5, 0.6) is 0 Å². The Morgan fingerprint density at radius 1 is 1.47 bits per heavy atom. The second-order valence-electron chi connectivity index (χ2n) is 4.68. The minimum Gasteiger partial charge on any atom is -0.382 e. The number of fused-ring (bicyclic) bond motifs is 2. The van der Waals surface area contributed by atoms with E-state index >= 15 is 0 Å². The highest BCUT2D eigenvalue weighted by molar-refractivity contribution is 6.22. The third-order valence-corrected chi connectivity index (χ3v) is 4.19. The zero-order valence-corrected chi connectivity index (χ0v) is 9.46. The van der Waals surface area contributed by atoms with E-state index in [2.05, 4.69) is 29.7 Å². The van der Waals surface area contributed by atoms with Crippen LogP contribution in [0.3, 0.4) is 0 Å². The predicted molar refractivity (Wildman–Crippen MR) is 61.4 cm³/mol. The molecule has 0 spiro atoms. The summed E-state index contributed by atoms with van der Waals surface area (Å²) < 4.78 is 0. The van der Waals surface area contributed by atoms with Crippen LogP contribution in [-0.4, -0.2) is 24.1 Å². The molecule has 0 aromatic heterocycles. The molecule has 5 atom stereocenters. The molecule has 4 N–H and O–H groups in total. The van der Waals surface area contributed by atoms with Crippen molar-refractivity contribution in [1.82, 2.24) is 10.6 Å². The lowest BCUT2D eigenvalue weighted by Crippen LogP contribution is -2.47. The first kappa shape index (κ1) is 9.70. The lowest BCUT2D eigenvalue weighted by molar-refractivity contribution is 0.354. The predicted octanol–water partition coefficient (Wildman–Crippen LogP) is 0.530. The summed E-state index contributed by atoms with van der Waals surface area (Å²) in [6, 6.07) is 0.338. The molecule has 0 aromatic rings. The van der Waals surface area contributed by atoms with Crippen molar-refractivity contribution in [3.63, 3.8) is 0 Å². The first-order valence-corrected chi connectivity index (χ1v) is 5.93. The topological polar surface area (TPSA) is 50.1 Å². The second kappa shape index (κ2) is 3.24. The number of allylic oxidation sites excluding steroid dienone is 1. The minimum absolute atomic E-state index is 0.0142. The Morgan fingerprint density at radius 3 is 3.07 bits per heavy atom. The van der Waals surface area contributed by atoms with Crippen LogP contribution in [0.15, 0.2) is 23.4 Å². The number of hydrogen-bond donors (Lipinski definition) is 3. The van der Waals surface area contributed by atoms with Gasteiger partial charge in [-0.1, -0.05) is 19.1 Å². The molecule has 3 aliphatic rings. The molecule has 2 heterocycles. The van der Waals surface area contributed by atoms with Crippen molar-refractivity contribution >= 4 is 11.6 Å². The van der Waals surface area contributed by atoms with Gasteiger partial charge in [-0.3, -0.25) is 5.32 Å². The molecule has 82 valence electrons. The Hall–Kier alpha value is -0.510. The Bertz CT molecular complexity index is 350. The SMILES string of the molecule is CC1C=CC(Cl)C2NC3=C(C(N)NC3)C12. The van der Waals surface area contributed by atoms with Crippen LogP contribution in [0, 0.1) is 11.8 Å². The normalized spacial score (nSPS) is 47.8. The van der Waals surface area contributed by atoms with Crippen molar-refractivity contribution < 1.29 is 0 Å². The summed E-state index contributed by atoms with van der Waals surface area (Å²) in [6.07, 6.45) is 4.32. The molecule has 0 saturated heterocycles. The molecule has 0 saturated carbocycles. The smallest absolute Gasteiger partial charge is 0.0796 e. The molecule has 15 heavy (non-hydrogen) atoms. The van der Waals surface area contributed by atoms with Gasteiger partial charge in [0.15, 0.2) is 0 Å². The Labute approximate surface area is 94.7 Å². The fourth-order valence-corrected chi connectivity index (χ4v) is 3.35. The van der Waals surface area contributed by atoms with Crippen LogP contribution in [0.4, 0.5) is 0 Å². The van der Waals surface area contributed by atoms with E-state index in [1.54, 1.807) is 0 Å². The van der Waals surface area contributed by atoms with Crippen LogP contribution < -0.4 is 16.4 Å². The average molecular weight is 226 g/mol. The fourth-order valence-electron chi connectivity index (χ4n) is 3.05. The van der Waals surface area contributed by atoms with Crippen LogP contribution in [-0.2, 0) is 0 Å². The van der Waals surface area contributed by atoms with Crippen LogP contribution >= 0.6 is 11.6 Å². The number of nitrogens with two attached hydrogens (primary N) is 1. The number of alkyl halides is 1. The van der Waals surface area contributed by atoms with Gasteiger partial charge in [-0.2, -0.15) is 0 Å². The molecule has 2 aliphatic heterocycles. The number of rotatable bonds is 0. The van der Waals surface area contributed by atoms with Crippen LogP contribution in [0.2, 0.25) is 0 Å². The van der Waals surface area contributed by atoms with Gasteiger partial charge in [-0.25, -0.2) is 0 Å². The molecule has 1 aliphatic carbocycles. The molecule has 4 heteroatoms. The maximum atomic E-state index is 6.31. The number of halogens is 1. The monoisotopic (exact) mass is 225 g/mol. The van der Waals surface area contributed by atoms with Gasteiger partial charge in [0.25, 0.3) is 0 Å². The molecule has 3 rings (SSSR count). The quantitative estimate of drug-likeness (QED) is 0.417. The van der Waals surface area contributed by atoms with Crippen LogP contribution in [0.1, 0.15) is 6.92 Å². The summed E-state index contributed by atoms with van der Waals surface area (Å²) in [5.41, 5.74) is 8.68. The lowest BCUT2D eigenvalue weighted by atomic mass is 9.78. The summed E-state index contributed by atoms with van der Waals surface area (Å²) in [7, 11) is 0. The highest BCUT2D eigenvalue weighted by Crippen LogP contribution is 2.41. The van der Waals surface area contributed by atoms with Gasteiger partial charge < -0.3 is 11.1 Å².